The second kappa shape index (κ2) is 4.39. The molecule has 0 bridgehead atoms. The summed E-state index contributed by atoms with van der Waals surface area (Å²) in [5.41, 5.74) is 1.45. The first-order chi connectivity index (χ1) is 6.75. The third-order valence-electron chi connectivity index (χ3n) is 2.90. The van der Waals surface area contributed by atoms with E-state index in [1.165, 1.54) is 29.7 Å². The summed E-state index contributed by atoms with van der Waals surface area (Å²) >= 11 is 2.05. The summed E-state index contributed by atoms with van der Waals surface area (Å²) in [5.74, 6) is 0.651. The van der Waals surface area contributed by atoms with Gasteiger partial charge in [-0.2, -0.15) is 0 Å². The van der Waals surface area contributed by atoms with Gasteiger partial charge in [0, 0.05) is 10.1 Å². The molecule has 0 aromatic heterocycles. The topological polar surface area (TPSA) is 0 Å². The molecule has 1 heteroatoms. The fourth-order valence-electron chi connectivity index (χ4n) is 1.61. The van der Waals surface area contributed by atoms with Gasteiger partial charge in [-0.1, -0.05) is 32.4 Å². The van der Waals surface area contributed by atoms with Gasteiger partial charge in [-0.25, -0.2) is 0 Å². The summed E-state index contributed by atoms with van der Waals surface area (Å²) in [4.78, 5) is 1.44. The SMILES string of the molecule is CC(C)c1ccc(SC2CCC2)cc1. The van der Waals surface area contributed by atoms with Gasteiger partial charge in [0.1, 0.15) is 0 Å². The van der Waals surface area contributed by atoms with Crippen LogP contribution in [-0.2, 0) is 0 Å². The molecule has 0 heterocycles. The molecule has 0 amide bonds. The van der Waals surface area contributed by atoms with E-state index in [-0.39, 0.29) is 0 Å². The van der Waals surface area contributed by atoms with E-state index in [2.05, 4.69) is 49.9 Å². The minimum atomic E-state index is 0.651. The Morgan fingerprint density at radius 2 is 1.79 bits per heavy atom. The minimum absolute atomic E-state index is 0.651. The summed E-state index contributed by atoms with van der Waals surface area (Å²) in [7, 11) is 0. The average Bonchev–Trinajstić information content (AvgIpc) is 2.12. The number of benzene rings is 1. The van der Waals surface area contributed by atoms with Crippen LogP contribution in [0.25, 0.3) is 0 Å². The Hall–Kier alpha value is -0.430. The van der Waals surface area contributed by atoms with Crippen LogP contribution < -0.4 is 0 Å². The third kappa shape index (κ3) is 2.33. The van der Waals surface area contributed by atoms with Crippen LogP contribution in [0.1, 0.15) is 44.6 Å². The normalized spacial score (nSPS) is 17.1. The van der Waals surface area contributed by atoms with Crippen LogP contribution >= 0.6 is 11.8 Å². The summed E-state index contributed by atoms with van der Waals surface area (Å²) in [6.45, 7) is 4.49. The Labute approximate surface area is 91.1 Å². The lowest BCUT2D eigenvalue weighted by atomic mass is 10.00. The number of thioether (sulfide) groups is 1. The van der Waals surface area contributed by atoms with E-state index in [0.717, 1.165) is 5.25 Å². The molecule has 1 aromatic rings. The van der Waals surface area contributed by atoms with Crippen LogP contribution in [0, 0.1) is 0 Å². The molecule has 1 fully saturated rings. The first kappa shape index (κ1) is 10.1. The summed E-state index contributed by atoms with van der Waals surface area (Å²) in [6.07, 6.45) is 4.26. The van der Waals surface area contributed by atoms with Crippen LogP contribution in [-0.4, -0.2) is 5.25 Å². The van der Waals surface area contributed by atoms with Crippen LogP contribution in [0.2, 0.25) is 0 Å². The monoisotopic (exact) mass is 206 g/mol. The molecule has 0 saturated heterocycles. The molecule has 76 valence electrons. The molecule has 14 heavy (non-hydrogen) atoms. The van der Waals surface area contributed by atoms with Crippen molar-refractivity contribution >= 4 is 11.8 Å². The Bertz CT molecular complexity index is 283. The molecule has 0 unspecified atom stereocenters. The Morgan fingerprint density at radius 3 is 2.21 bits per heavy atom. The fourth-order valence-corrected chi connectivity index (χ4v) is 2.86. The van der Waals surface area contributed by atoms with Crippen molar-refractivity contribution in [2.75, 3.05) is 0 Å². The largest absolute Gasteiger partial charge is 0.123 e. The van der Waals surface area contributed by atoms with Crippen molar-refractivity contribution in [1.29, 1.82) is 0 Å². The highest BCUT2D eigenvalue weighted by Crippen LogP contribution is 2.36. The maximum absolute atomic E-state index is 2.28. The summed E-state index contributed by atoms with van der Waals surface area (Å²) in [6, 6.07) is 9.09. The van der Waals surface area contributed by atoms with Gasteiger partial charge in [-0.15, -0.1) is 11.8 Å². The van der Waals surface area contributed by atoms with Crippen molar-refractivity contribution in [3.8, 4) is 0 Å². The van der Waals surface area contributed by atoms with Gasteiger partial charge in [0.15, 0.2) is 0 Å². The van der Waals surface area contributed by atoms with E-state index in [9.17, 15) is 0 Å². The van der Waals surface area contributed by atoms with Gasteiger partial charge in [0.25, 0.3) is 0 Å². The lowest BCUT2D eigenvalue weighted by Gasteiger charge is -2.24. The number of hydrogen-bond acceptors (Lipinski definition) is 1. The van der Waals surface area contributed by atoms with Gasteiger partial charge in [-0.05, 0) is 36.5 Å². The molecule has 0 radical (unpaired) electrons. The number of hydrogen-bond donors (Lipinski definition) is 0. The quantitative estimate of drug-likeness (QED) is 0.704. The van der Waals surface area contributed by atoms with Crippen LogP contribution in [0.15, 0.2) is 29.2 Å². The van der Waals surface area contributed by atoms with E-state index >= 15 is 0 Å². The average molecular weight is 206 g/mol. The van der Waals surface area contributed by atoms with Gasteiger partial charge < -0.3 is 0 Å². The maximum Gasteiger partial charge on any atom is 0.00944 e. The lowest BCUT2D eigenvalue weighted by molar-refractivity contribution is 0.522. The molecule has 1 aromatic carbocycles. The highest BCUT2D eigenvalue weighted by Gasteiger charge is 2.18. The smallest absolute Gasteiger partial charge is 0.00944 e. The zero-order valence-corrected chi connectivity index (χ0v) is 9.81. The second-order valence-corrected chi connectivity index (χ2v) is 5.77. The van der Waals surface area contributed by atoms with E-state index in [0.29, 0.717) is 5.92 Å². The van der Waals surface area contributed by atoms with Crippen LogP contribution in [0.3, 0.4) is 0 Å². The Morgan fingerprint density at radius 1 is 1.14 bits per heavy atom. The Balaban J connectivity index is 1.98. The van der Waals surface area contributed by atoms with Crippen LogP contribution in [0.4, 0.5) is 0 Å². The third-order valence-corrected chi connectivity index (χ3v) is 4.25. The van der Waals surface area contributed by atoms with Crippen molar-refractivity contribution < 1.29 is 0 Å². The zero-order chi connectivity index (χ0) is 9.97. The highest BCUT2D eigenvalue weighted by atomic mass is 32.2. The first-order valence-corrected chi connectivity index (χ1v) is 6.40. The summed E-state index contributed by atoms with van der Waals surface area (Å²) in [5, 5.41) is 0.903. The van der Waals surface area contributed by atoms with Gasteiger partial charge in [0.05, 0.1) is 0 Å². The van der Waals surface area contributed by atoms with Gasteiger partial charge in [0.2, 0.25) is 0 Å². The van der Waals surface area contributed by atoms with Crippen molar-refractivity contribution in [3.63, 3.8) is 0 Å². The van der Waals surface area contributed by atoms with E-state index in [4.69, 9.17) is 0 Å². The molecular weight excluding hydrogens is 188 g/mol. The van der Waals surface area contributed by atoms with Gasteiger partial charge in [-0.3, -0.25) is 0 Å². The van der Waals surface area contributed by atoms with Gasteiger partial charge >= 0.3 is 0 Å². The molecule has 1 saturated carbocycles. The predicted octanol–water partition coefficient (Wildman–Crippen LogP) is 4.45. The lowest BCUT2D eigenvalue weighted by Crippen LogP contribution is -2.12. The van der Waals surface area contributed by atoms with Crippen molar-refractivity contribution in [2.24, 2.45) is 0 Å². The van der Waals surface area contributed by atoms with E-state index in [1.54, 1.807) is 0 Å². The predicted molar refractivity (Wildman–Crippen MR) is 64.0 cm³/mol. The molecule has 0 nitrogen and oxygen atoms in total. The second-order valence-electron chi connectivity index (χ2n) is 4.39. The molecule has 0 spiro atoms. The van der Waals surface area contributed by atoms with E-state index < -0.39 is 0 Å². The minimum Gasteiger partial charge on any atom is -0.123 e. The fraction of sp³-hybridized carbons (Fsp3) is 0.538. The first-order valence-electron chi connectivity index (χ1n) is 5.52. The molecule has 1 aliphatic rings. The van der Waals surface area contributed by atoms with Crippen molar-refractivity contribution in [3.05, 3.63) is 29.8 Å². The summed E-state index contributed by atoms with van der Waals surface area (Å²) < 4.78 is 0. The molecular formula is C13H18S. The molecule has 1 aliphatic carbocycles. The van der Waals surface area contributed by atoms with Crippen molar-refractivity contribution in [1.82, 2.24) is 0 Å². The Kier molecular flexibility index (Phi) is 3.17. The maximum atomic E-state index is 2.28. The van der Waals surface area contributed by atoms with E-state index in [1.807, 2.05) is 0 Å². The number of rotatable bonds is 3. The molecule has 0 N–H and O–H groups in total. The molecule has 2 rings (SSSR count). The zero-order valence-electron chi connectivity index (χ0n) is 8.99. The molecule has 0 atom stereocenters. The highest BCUT2D eigenvalue weighted by molar-refractivity contribution is 8.00. The molecule has 0 aliphatic heterocycles. The standard InChI is InChI=1S/C13H18S/c1-10(2)11-6-8-13(9-7-11)14-12-4-3-5-12/h6-10,12H,3-5H2,1-2H3. The van der Waals surface area contributed by atoms with Crippen molar-refractivity contribution in [2.45, 2.75) is 49.2 Å². The van der Waals surface area contributed by atoms with Crippen LogP contribution in [0.5, 0.6) is 0 Å².